The Hall–Kier alpha value is -3.16. The monoisotopic (exact) mass is 286 g/mol. The summed E-state index contributed by atoms with van der Waals surface area (Å²) >= 11 is 0. The van der Waals surface area contributed by atoms with Gasteiger partial charge in [-0.15, -0.1) is 0 Å². The van der Waals surface area contributed by atoms with Crippen LogP contribution >= 0.6 is 0 Å². The molecule has 2 heterocycles. The molecule has 0 saturated carbocycles. The minimum Gasteiger partial charge on any atom is -0.508 e. The van der Waals surface area contributed by atoms with Crippen LogP contribution in [0.4, 0.5) is 0 Å². The molecule has 0 atom stereocenters. The van der Waals surface area contributed by atoms with Crippen LogP contribution in [0.2, 0.25) is 0 Å². The molecule has 3 rings (SSSR count). The number of methoxy groups -OCH3 is 1. The lowest BCUT2D eigenvalue weighted by Gasteiger charge is -1.98. The Morgan fingerprint density at radius 1 is 1.05 bits per heavy atom. The van der Waals surface area contributed by atoms with Gasteiger partial charge in [-0.1, -0.05) is 5.16 Å². The van der Waals surface area contributed by atoms with Gasteiger partial charge in [0.2, 0.25) is 11.7 Å². The highest BCUT2D eigenvalue weighted by molar-refractivity contribution is 5.61. The molecule has 8 heteroatoms. The lowest BCUT2D eigenvalue weighted by atomic mass is 10.2. The molecule has 0 fully saturated rings. The van der Waals surface area contributed by atoms with Gasteiger partial charge in [-0.25, -0.2) is 9.97 Å². The number of phenolic OH excluding ortho intramolecular Hbond substituents is 2. The van der Waals surface area contributed by atoms with Gasteiger partial charge in [-0.3, -0.25) is 0 Å². The number of aromatic hydroxyl groups is 2. The zero-order chi connectivity index (χ0) is 14.8. The average molecular weight is 286 g/mol. The lowest BCUT2D eigenvalue weighted by Crippen LogP contribution is -1.91. The molecule has 2 N–H and O–H groups in total. The molecule has 2 aromatic heterocycles. The van der Waals surface area contributed by atoms with Crippen LogP contribution in [-0.2, 0) is 0 Å². The van der Waals surface area contributed by atoms with Crippen LogP contribution in [0.5, 0.6) is 17.4 Å². The fourth-order valence-corrected chi connectivity index (χ4v) is 1.74. The van der Waals surface area contributed by atoms with Crippen LogP contribution in [0.15, 0.2) is 35.1 Å². The van der Waals surface area contributed by atoms with Crippen molar-refractivity contribution >= 4 is 0 Å². The van der Waals surface area contributed by atoms with E-state index in [9.17, 15) is 10.2 Å². The zero-order valence-corrected chi connectivity index (χ0v) is 10.9. The van der Waals surface area contributed by atoms with E-state index in [2.05, 4.69) is 20.1 Å². The second-order valence-electron chi connectivity index (χ2n) is 4.11. The van der Waals surface area contributed by atoms with Gasteiger partial charge < -0.3 is 19.5 Å². The Bertz CT molecular complexity index is 767. The SMILES string of the molecule is COc1cc(-c2noc(-c3cc(O)cc(O)c3)n2)ncn1. The molecule has 1 aromatic carbocycles. The fraction of sp³-hybridized carbons (Fsp3) is 0.0769. The molecule has 0 radical (unpaired) electrons. The first kappa shape index (κ1) is 12.9. The van der Waals surface area contributed by atoms with E-state index in [1.807, 2.05) is 0 Å². The molecule has 3 aromatic rings. The van der Waals surface area contributed by atoms with Gasteiger partial charge in [0.05, 0.1) is 7.11 Å². The molecule has 0 amide bonds. The summed E-state index contributed by atoms with van der Waals surface area (Å²) in [4.78, 5) is 12.1. The summed E-state index contributed by atoms with van der Waals surface area (Å²) in [6, 6.07) is 5.57. The van der Waals surface area contributed by atoms with E-state index in [4.69, 9.17) is 9.26 Å². The summed E-state index contributed by atoms with van der Waals surface area (Å²) < 4.78 is 10.1. The number of nitrogens with zero attached hydrogens (tertiary/aromatic N) is 4. The number of hydrogen-bond donors (Lipinski definition) is 2. The van der Waals surface area contributed by atoms with Crippen LogP contribution in [0.1, 0.15) is 0 Å². The lowest BCUT2D eigenvalue weighted by molar-refractivity contribution is 0.397. The van der Waals surface area contributed by atoms with Crippen molar-refractivity contribution in [2.24, 2.45) is 0 Å². The van der Waals surface area contributed by atoms with E-state index in [1.54, 1.807) is 6.07 Å². The Balaban J connectivity index is 1.99. The standard InChI is InChI=1S/C13H10N4O4/c1-20-11-5-10(14-6-15-11)12-16-13(21-17-12)7-2-8(18)4-9(19)3-7/h2-6,18-19H,1H3. The van der Waals surface area contributed by atoms with E-state index >= 15 is 0 Å². The minimum atomic E-state index is -0.103. The van der Waals surface area contributed by atoms with Crippen molar-refractivity contribution in [3.63, 3.8) is 0 Å². The average Bonchev–Trinajstić information content (AvgIpc) is 2.96. The van der Waals surface area contributed by atoms with Gasteiger partial charge in [0.15, 0.2) is 0 Å². The first-order valence-corrected chi connectivity index (χ1v) is 5.89. The summed E-state index contributed by atoms with van der Waals surface area (Å²) in [7, 11) is 1.49. The van der Waals surface area contributed by atoms with Crippen LogP contribution in [0.25, 0.3) is 23.0 Å². The smallest absolute Gasteiger partial charge is 0.258 e. The van der Waals surface area contributed by atoms with Gasteiger partial charge in [0, 0.05) is 17.7 Å². The maximum atomic E-state index is 9.46. The topological polar surface area (TPSA) is 114 Å². The Morgan fingerprint density at radius 3 is 2.52 bits per heavy atom. The molecule has 0 saturated heterocycles. The fourth-order valence-electron chi connectivity index (χ4n) is 1.74. The molecule has 0 aliphatic heterocycles. The Labute approximate surface area is 118 Å². The highest BCUT2D eigenvalue weighted by atomic mass is 16.5. The molecular weight excluding hydrogens is 276 g/mol. The third kappa shape index (κ3) is 2.59. The predicted molar refractivity (Wildman–Crippen MR) is 70.6 cm³/mol. The van der Waals surface area contributed by atoms with Crippen LogP contribution in [0, 0.1) is 0 Å². The Kier molecular flexibility index (Phi) is 3.11. The summed E-state index contributed by atoms with van der Waals surface area (Å²) in [5.41, 5.74) is 0.827. The Morgan fingerprint density at radius 2 is 1.81 bits per heavy atom. The summed E-state index contributed by atoms with van der Waals surface area (Å²) in [6.07, 6.45) is 1.32. The number of benzene rings is 1. The van der Waals surface area contributed by atoms with Gasteiger partial charge in [-0.2, -0.15) is 4.98 Å². The van der Waals surface area contributed by atoms with E-state index in [0.29, 0.717) is 17.1 Å². The van der Waals surface area contributed by atoms with E-state index in [1.165, 1.54) is 31.6 Å². The van der Waals surface area contributed by atoms with Crippen molar-refractivity contribution in [2.75, 3.05) is 7.11 Å². The van der Waals surface area contributed by atoms with Crippen molar-refractivity contribution in [3.8, 4) is 40.4 Å². The number of aromatic nitrogens is 4. The maximum Gasteiger partial charge on any atom is 0.258 e. The van der Waals surface area contributed by atoms with E-state index in [-0.39, 0.29) is 23.2 Å². The van der Waals surface area contributed by atoms with Crippen molar-refractivity contribution in [3.05, 3.63) is 30.6 Å². The quantitative estimate of drug-likeness (QED) is 0.746. The number of phenols is 2. The maximum absolute atomic E-state index is 9.46. The summed E-state index contributed by atoms with van der Waals surface area (Å²) in [5, 5.41) is 22.7. The van der Waals surface area contributed by atoms with Crippen molar-refractivity contribution < 1.29 is 19.5 Å². The molecular formula is C13H10N4O4. The third-order valence-corrected chi connectivity index (χ3v) is 2.66. The van der Waals surface area contributed by atoms with E-state index in [0.717, 1.165) is 0 Å². The minimum absolute atomic E-state index is 0.103. The highest BCUT2D eigenvalue weighted by Crippen LogP contribution is 2.28. The second kappa shape index (κ2) is 5.08. The molecule has 0 bridgehead atoms. The second-order valence-corrected chi connectivity index (χ2v) is 4.11. The zero-order valence-electron chi connectivity index (χ0n) is 10.9. The highest BCUT2D eigenvalue weighted by Gasteiger charge is 2.14. The molecule has 21 heavy (non-hydrogen) atoms. The number of rotatable bonds is 3. The van der Waals surface area contributed by atoms with Gasteiger partial charge in [-0.05, 0) is 12.1 Å². The largest absolute Gasteiger partial charge is 0.508 e. The molecule has 106 valence electrons. The van der Waals surface area contributed by atoms with Gasteiger partial charge in [0.1, 0.15) is 23.5 Å². The van der Waals surface area contributed by atoms with Gasteiger partial charge in [0.25, 0.3) is 5.89 Å². The number of hydrogen-bond acceptors (Lipinski definition) is 8. The number of ether oxygens (including phenoxy) is 1. The summed E-state index contributed by atoms with van der Waals surface area (Å²) in [6.45, 7) is 0. The normalized spacial score (nSPS) is 10.5. The van der Waals surface area contributed by atoms with Crippen LogP contribution < -0.4 is 4.74 Å². The van der Waals surface area contributed by atoms with Gasteiger partial charge >= 0.3 is 0 Å². The summed E-state index contributed by atoms with van der Waals surface area (Å²) in [5.74, 6) is 0.561. The van der Waals surface area contributed by atoms with Crippen molar-refractivity contribution in [1.82, 2.24) is 20.1 Å². The van der Waals surface area contributed by atoms with Crippen LogP contribution in [-0.4, -0.2) is 37.4 Å². The van der Waals surface area contributed by atoms with Crippen molar-refractivity contribution in [1.29, 1.82) is 0 Å². The third-order valence-electron chi connectivity index (χ3n) is 2.66. The van der Waals surface area contributed by atoms with Crippen molar-refractivity contribution in [2.45, 2.75) is 0 Å². The van der Waals surface area contributed by atoms with Crippen LogP contribution in [0.3, 0.4) is 0 Å². The van der Waals surface area contributed by atoms with E-state index < -0.39 is 0 Å². The predicted octanol–water partition coefficient (Wildman–Crippen LogP) is 1.61. The first-order valence-electron chi connectivity index (χ1n) is 5.89. The molecule has 0 aliphatic carbocycles. The molecule has 8 nitrogen and oxygen atoms in total. The molecule has 0 aliphatic rings. The molecule has 0 unspecified atom stereocenters. The molecule has 0 spiro atoms. The first-order chi connectivity index (χ1) is 10.2.